The standard InChI is InChI=1S/C13H22N2O/c1-8-4-9-6-14-7-11(9)15(8)12(16)10-5-13(10,2)3/h8-11,14H,4-7H2,1-3H3. The van der Waals surface area contributed by atoms with Crippen molar-refractivity contribution in [2.24, 2.45) is 17.3 Å². The van der Waals surface area contributed by atoms with Crippen LogP contribution in [0.3, 0.4) is 0 Å². The van der Waals surface area contributed by atoms with E-state index in [0.717, 1.165) is 19.5 Å². The molecule has 0 aromatic carbocycles. The molecule has 0 aromatic heterocycles. The Bertz CT molecular complexity index is 326. The number of carbonyl (C=O) groups is 1. The normalized spacial score (nSPS) is 44.6. The predicted molar refractivity (Wildman–Crippen MR) is 63.0 cm³/mol. The van der Waals surface area contributed by atoms with E-state index >= 15 is 0 Å². The molecule has 3 aliphatic rings. The maximum atomic E-state index is 12.5. The van der Waals surface area contributed by atoms with Crippen LogP contribution in [0.2, 0.25) is 0 Å². The summed E-state index contributed by atoms with van der Waals surface area (Å²) in [6.45, 7) is 8.74. The highest BCUT2D eigenvalue weighted by molar-refractivity contribution is 5.83. The highest BCUT2D eigenvalue weighted by Gasteiger charge is 2.55. The molecule has 1 N–H and O–H groups in total. The van der Waals surface area contributed by atoms with Crippen LogP contribution in [0.25, 0.3) is 0 Å². The number of hydrogen-bond donors (Lipinski definition) is 1. The van der Waals surface area contributed by atoms with Crippen molar-refractivity contribution in [3.05, 3.63) is 0 Å². The molecular weight excluding hydrogens is 200 g/mol. The van der Waals surface area contributed by atoms with E-state index in [1.807, 2.05) is 0 Å². The number of amides is 1. The number of carbonyl (C=O) groups excluding carboxylic acids is 1. The van der Waals surface area contributed by atoms with Crippen molar-refractivity contribution in [3.8, 4) is 0 Å². The highest BCUT2D eigenvalue weighted by atomic mass is 16.2. The third-order valence-electron chi connectivity index (χ3n) is 4.85. The molecule has 4 atom stereocenters. The van der Waals surface area contributed by atoms with E-state index in [1.165, 1.54) is 6.42 Å². The van der Waals surface area contributed by atoms with Gasteiger partial charge >= 0.3 is 0 Å². The molecule has 16 heavy (non-hydrogen) atoms. The Hall–Kier alpha value is -0.570. The fraction of sp³-hybridized carbons (Fsp3) is 0.923. The molecule has 2 aliphatic heterocycles. The van der Waals surface area contributed by atoms with Gasteiger partial charge in [0.15, 0.2) is 0 Å². The Morgan fingerprint density at radius 3 is 2.69 bits per heavy atom. The van der Waals surface area contributed by atoms with Gasteiger partial charge in [-0.05, 0) is 31.1 Å². The molecule has 4 unspecified atom stereocenters. The van der Waals surface area contributed by atoms with Gasteiger partial charge in [0.1, 0.15) is 0 Å². The summed E-state index contributed by atoms with van der Waals surface area (Å²) >= 11 is 0. The van der Waals surface area contributed by atoms with Crippen molar-refractivity contribution >= 4 is 5.91 Å². The number of hydrogen-bond acceptors (Lipinski definition) is 2. The molecule has 3 fully saturated rings. The van der Waals surface area contributed by atoms with E-state index < -0.39 is 0 Å². The van der Waals surface area contributed by atoms with Crippen LogP contribution < -0.4 is 5.32 Å². The molecule has 1 saturated carbocycles. The number of fused-ring (bicyclic) bond motifs is 1. The second-order valence-electron chi connectivity index (χ2n) is 6.56. The zero-order valence-electron chi connectivity index (χ0n) is 10.5. The lowest BCUT2D eigenvalue weighted by Gasteiger charge is -2.28. The first-order valence-electron chi connectivity index (χ1n) is 6.53. The van der Waals surface area contributed by atoms with Gasteiger partial charge < -0.3 is 10.2 Å². The van der Waals surface area contributed by atoms with Gasteiger partial charge in [0.2, 0.25) is 5.91 Å². The van der Waals surface area contributed by atoms with E-state index in [2.05, 4.69) is 31.0 Å². The second-order valence-corrected chi connectivity index (χ2v) is 6.56. The maximum absolute atomic E-state index is 12.5. The van der Waals surface area contributed by atoms with Crippen LogP contribution in [0.4, 0.5) is 0 Å². The van der Waals surface area contributed by atoms with Crippen molar-refractivity contribution in [3.63, 3.8) is 0 Å². The zero-order valence-corrected chi connectivity index (χ0v) is 10.5. The van der Waals surface area contributed by atoms with Gasteiger partial charge in [0.25, 0.3) is 0 Å². The van der Waals surface area contributed by atoms with Crippen LogP contribution in [-0.2, 0) is 4.79 Å². The topological polar surface area (TPSA) is 32.3 Å². The smallest absolute Gasteiger partial charge is 0.226 e. The maximum Gasteiger partial charge on any atom is 0.226 e. The van der Waals surface area contributed by atoms with Crippen LogP contribution in [0.1, 0.15) is 33.6 Å². The number of rotatable bonds is 1. The lowest BCUT2D eigenvalue weighted by atomic mass is 10.0. The fourth-order valence-corrected chi connectivity index (χ4v) is 3.61. The SMILES string of the molecule is CC1CC2CNCC2N1C(=O)C1CC1(C)C. The van der Waals surface area contributed by atoms with Crippen molar-refractivity contribution in [1.29, 1.82) is 0 Å². The summed E-state index contributed by atoms with van der Waals surface area (Å²) in [5.41, 5.74) is 0.265. The Morgan fingerprint density at radius 1 is 1.38 bits per heavy atom. The summed E-state index contributed by atoms with van der Waals surface area (Å²) in [5.74, 6) is 1.43. The molecule has 0 aromatic rings. The van der Waals surface area contributed by atoms with Crippen molar-refractivity contribution < 1.29 is 4.79 Å². The monoisotopic (exact) mass is 222 g/mol. The van der Waals surface area contributed by atoms with Gasteiger partial charge in [0.05, 0.1) is 0 Å². The highest BCUT2D eigenvalue weighted by Crippen LogP contribution is 2.53. The summed E-state index contributed by atoms with van der Waals surface area (Å²) in [7, 11) is 0. The van der Waals surface area contributed by atoms with Gasteiger partial charge in [-0.1, -0.05) is 13.8 Å². The average Bonchev–Trinajstić information content (AvgIpc) is 2.58. The molecule has 90 valence electrons. The first-order valence-corrected chi connectivity index (χ1v) is 6.53. The van der Waals surface area contributed by atoms with E-state index in [9.17, 15) is 4.79 Å². The lowest BCUT2D eigenvalue weighted by Crippen LogP contribution is -2.44. The van der Waals surface area contributed by atoms with E-state index in [0.29, 0.717) is 29.8 Å². The quantitative estimate of drug-likeness (QED) is 0.724. The Labute approximate surface area is 97.6 Å². The van der Waals surface area contributed by atoms with Gasteiger partial charge in [-0.2, -0.15) is 0 Å². The summed E-state index contributed by atoms with van der Waals surface area (Å²) in [6, 6.07) is 0.944. The minimum Gasteiger partial charge on any atom is -0.335 e. The molecule has 0 radical (unpaired) electrons. The number of likely N-dealkylation sites (tertiary alicyclic amines) is 1. The third-order valence-corrected chi connectivity index (χ3v) is 4.85. The molecule has 3 heteroatoms. The first-order chi connectivity index (χ1) is 7.50. The summed E-state index contributed by atoms with van der Waals surface area (Å²) < 4.78 is 0. The van der Waals surface area contributed by atoms with Crippen molar-refractivity contribution in [2.45, 2.75) is 45.7 Å². The summed E-state index contributed by atoms with van der Waals surface area (Å²) in [6.07, 6.45) is 2.27. The molecule has 0 spiro atoms. The molecule has 3 nitrogen and oxygen atoms in total. The lowest BCUT2D eigenvalue weighted by molar-refractivity contribution is -0.135. The van der Waals surface area contributed by atoms with Gasteiger partial charge in [-0.15, -0.1) is 0 Å². The number of nitrogens with zero attached hydrogens (tertiary/aromatic N) is 1. The molecular formula is C13H22N2O. The van der Waals surface area contributed by atoms with Gasteiger partial charge in [0, 0.05) is 31.1 Å². The van der Waals surface area contributed by atoms with E-state index in [1.54, 1.807) is 0 Å². The van der Waals surface area contributed by atoms with E-state index in [4.69, 9.17) is 0 Å². The van der Waals surface area contributed by atoms with Crippen LogP contribution in [0.5, 0.6) is 0 Å². The first kappa shape index (κ1) is 10.6. The van der Waals surface area contributed by atoms with Crippen LogP contribution >= 0.6 is 0 Å². The Balaban J connectivity index is 1.76. The van der Waals surface area contributed by atoms with E-state index in [-0.39, 0.29) is 5.41 Å². The molecule has 0 bridgehead atoms. The minimum atomic E-state index is 0.265. The number of nitrogens with one attached hydrogen (secondary N) is 1. The molecule has 1 amide bonds. The van der Waals surface area contributed by atoms with Crippen LogP contribution in [0.15, 0.2) is 0 Å². The second kappa shape index (κ2) is 3.22. The molecule has 3 rings (SSSR count). The Kier molecular flexibility index (Phi) is 2.13. The molecule has 2 saturated heterocycles. The predicted octanol–water partition coefficient (Wildman–Crippen LogP) is 1.24. The third kappa shape index (κ3) is 1.41. The van der Waals surface area contributed by atoms with Crippen LogP contribution in [-0.4, -0.2) is 36.0 Å². The average molecular weight is 222 g/mol. The summed E-state index contributed by atoms with van der Waals surface area (Å²) in [4.78, 5) is 14.7. The zero-order chi connectivity index (χ0) is 11.5. The largest absolute Gasteiger partial charge is 0.335 e. The minimum absolute atomic E-state index is 0.265. The van der Waals surface area contributed by atoms with Crippen LogP contribution in [0, 0.1) is 17.3 Å². The molecule has 1 aliphatic carbocycles. The van der Waals surface area contributed by atoms with Gasteiger partial charge in [-0.3, -0.25) is 4.79 Å². The van der Waals surface area contributed by atoms with Crippen molar-refractivity contribution in [1.82, 2.24) is 10.2 Å². The Morgan fingerprint density at radius 2 is 2.06 bits per heavy atom. The molecule has 2 heterocycles. The fourth-order valence-electron chi connectivity index (χ4n) is 3.61. The van der Waals surface area contributed by atoms with Gasteiger partial charge in [-0.25, -0.2) is 0 Å². The summed E-state index contributed by atoms with van der Waals surface area (Å²) in [5, 5.41) is 3.42. The van der Waals surface area contributed by atoms with Crippen molar-refractivity contribution in [2.75, 3.05) is 13.1 Å².